The summed E-state index contributed by atoms with van der Waals surface area (Å²) in [6.45, 7) is 8.95. The van der Waals surface area contributed by atoms with E-state index < -0.39 is 0 Å². The third kappa shape index (κ3) is 18.7. The molecule has 1 heteroatoms. The normalized spacial score (nSPS) is 14.6. The predicted octanol–water partition coefficient (Wildman–Crippen LogP) is 8.07. The van der Waals surface area contributed by atoms with Gasteiger partial charge in [0.25, 0.3) is 0 Å². The molecule has 0 aromatic rings. The number of allylic oxidation sites excluding steroid dienone is 8. The topological polar surface area (TPSA) is 9.23 Å². The second kappa shape index (κ2) is 20.5. The van der Waals surface area contributed by atoms with E-state index >= 15 is 0 Å². The van der Waals surface area contributed by atoms with Crippen LogP contribution in [0.25, 0.3) is 0 Å². The first-order valence-electron chi connectivity index (χ1n) is 10.3. The summed E-state index contributed by atoms with van der Waals surface area (Å²) in [5, 5.41) is 0. The van der Waals surface area contributed by atoms with E-state index in [1.807, 2.05) is 18.2 Å². The molecule has 0 N–H and O–H groups in total. The van der Waals surface area contributed by atoms with Crippen LogP contribution in [-0.4, -0.2) is 6.61 Å². The number of ether oxygens (including phenoxy) is 1. The van der Waals surface area contributed by atoms with E-state index in [1.54, 1.807) is 6.26 Å². The van der Waals surface area contributed by atoms with E-state index in [0.717, 1.165) is 13.0 Å². The van der Waals surface area contributed by atoms with Gasteiger partial charge in [0, 0.05) is 0 Å². The Morgan fingerprint density at radius 1 is 0.960 bits per heavy atom. The summed E-state index contributed by atoms with van der Waals surface area (Å²) in [6, 6.07) is 0. The molecule has 1 nitrogen and oxygen atoms in total. The second-order valence-corrected chi connectivity index (χ2v) is 6.44. The van der Waals surface area contributed by atoms with Crippen LogP contribution < -0.4 is 0 Å². The van der Waals surface area contributed by atoms with Crippen molar-refractivity contribution in [1.82, 2.24) is 0 Å². The molecule has 0 aromatic heterocycles. The third-order valence-corrected chi connectivity index (χ3v) is 4.07. The summed E-state index contributed by atoms with van der Waals surface area (Å²) in [7, 11) is 0. The van der Waals surface area contributed by atoms with Crippen LogP contribution in [0.1, 0.15) is 84.5 Å². The molecule has 1 aliphatic carbocycles. The van der Waals surface area contributed by atoms with Gasteiger partial charge in [0.2, 0.25) is 0 Å². The monoisotopic (exact) mass is 344 g/mol. The molecule has 0 bridgehead atoms. The van der Waals surface area contributed by atoms with Crippen LogP contribution in [0.3, 0.4) is 0 Å². The van der Waals surface area contributed by atoms with Gasteiger partial charge in [-0.05, 0) is 51.0 Å². The molecule has 0 heterocycles. The molecule has 142 valence electrons. The Kier molecular flexibility index (Phi) is 19.3. The van der Waals surface area contributed by atoms with Gasteiger partial charge in [-0.3, -0.25) is 0 Å². The molecule has 0 aromatic carbocycles. The first kappa shape index (κ1) is 23.5. The number of hydrogen-bond donors (Lipinski definition) is 0. The summed E-state index contributed by atoms with van der Waals surface area (Å²) in [5.41, 5.74) is 1.44. The average Bonchev–Trinajstić information content (AvgIpc) is 2.67. The van der Waals surface area contributed by atoms with Crippen molar-refractivity contribution >= 4 is 0 Å². The van der Waals surface area contributed by atoms with Crippen LogP contribution >= 0.6 is 0 Å². The van der Waals surface area contributed by atoms with Gasteiger partial charge in [-0.2, -0.15) is 0 Å². The zero-order chi connectivity index (χ0) is 18.4. The van der Waals surface area contributed by atoms with Gasteiger partial charge in [-0.25, -0.2) is 0 Å². The first-order valence-corrected chi connectivity index (χ1v) is 10.3. The molecule has 0 unspecified atom stereocenters. The van der Waals surface area contributed by atoms with Gasteiger partial charge in [0.1, 0.15) is 0 Å². The van der Waals surface area contributed by atoms with Crippen molar-refractivity contribution in [3.8, 4) is 0 Å². The quantitative estimate of drug-likeness (QED) is 0.197. The first-order chi connectivity index (χ1) is 12.3. The lowest BCUT2D eigenvalue weighted by Crippen LogP contribution is -1.86. The minimum absolute atomic E-state index is 0.827. The van der Waals surface area contributed by atoms with E-state index in [2.05, 4.69) is 44.7 Å². The zero-order valence-corrected chi connectivity index (χ0v) is 16.7. The maximum Gasteiger partial charge on any atom is 0.0873 e. The molecule has 1 rings (SSSR count). The minimum atomic E-state index is 0.827. The van der Waals surface area contributed by atoms with Crippen molar-refractivity contribution in [3.05, 3.63) is 60.9 Å². The highest BCUT2D eigenvalue weighted by Gasteiger charge is 1.97. The highest BCUT2D eigenvalue weighted by molar-refractivity contribution is 5.17. The zero-order valence-electron chi connectivity index (χ0n) is 16.7. The molecule has 0 saturated heterocycles. The molecule has 25 heavy (non-hydrogen) atoms. The van der Waals surface area contributed by atoms with Gasteiger partial charge < -0.3 is 4.74 Å². The molecule has 0 fully saturated rings. The van der Waals surface area contributed by atoms with Crippen LogP contribution in [-0.2, 0) is 4.74 Å². The Morgan fingerprint density at radius 3 is 2.40 bits per heavy atom. The van der Waals surface area contributed by atoms with Crippen molar-refractivity contribution in [3.63, 3.8) is 0 Å². The molecule has 0 spiro atoms. The Hall–Kier alpha value is -1.50. The molecular weight excluding hydrogens is 304 g/mol. The van der Waals surface area contributed by atoms with Crippen LogP contribution in [0.15, 0.2) is 60.9 Å². The third-order valence-electron chi connectivity index (χ3n) is 4.07. The number of hydrogen-bond acceptors (Lipinski definition) is 1. The average molecular weight is 345 g/mol. The van der Waals surface area contributed by atoms with E-state index in [-0.39, 0.29) is 0 Å². The fourth-order valence-corrected chi connectivity index (χ4v) is 2.44. The van der Waals surface area contributed by atoms with Crippen molar-refractivity contribution in [2.75, 3.05) is 6.61 Å². The lowest BCUT2D eigenvalue weighted by atomic mass is 10.0. The van der Waals surface area contributed by atoms with E-state index in [0.29, 0.717) is 0 Å². The van der Waals surface area contributed by atoms with Crippen LogP contribution in [0, 0.1) is 0 Å². The maximum absolute atomic E-state index is 5.29. The molecule has 0 amide bonds. The highest BCUT2D eigenvalue weighted by atomic mass is 16.5. The second-order valence-electron chi connectivity index (χ2n) is 6.44. The van der Waals surface area contributed by atoms with Crippen molar-refractivity contribution in [2.45, 2.75) is 84.5 Å². The Morgan fingerprint density at radius 2 is 1.76 bits per heavy atom. The summed E-state index contributed by atoms with van der Waals surface area (Å²) in [5.74, 6) is 0. The predicted molar refractivity (Wildman–Crippen MR) is 114 cm³/mol. The van der Waals surface area contributed by atoms with Crippen molar-refractivity contribution in [2.24, 2.45) is 0 Å². The minimum Gasteiger partial charge on any atom is -0.501 e. The molecular formula is C24H40O. The molecule has 0 saturated carbocycles. The SMILES string of the molecule is C=CC1=CCCCC1.CCCCCCC=CC=CC=COCCCC. The number of rotatable bonds is 12. The maximum atomic E-state index is 5.29. The summed E-state index contributed by atoms with van der Waals surface area (Å²) < 4.78 is 5.29. The smallest absolute Gasteiger partial charge is 0.0873 e. The largest absolute Gasteiger partial charge is 0.501 e. The molecule has 0 atom stereocenters. The van der Waals surface area contributed by atoms with E-state index in [4.69, 9.17) is 4.74 Å². The lowest BCUT2D eigenvalue weighted by Gasteiger charge is -2.06. The highest BCUT2D eigenvalue weighted by Crippen LogP contribution is 2.17. The molecule has 1 aliphatic rings. The fraction of sp³-hybridized carbons (Fsp3) is 0.583. The van der Waals surface area contributed by atoms with Gasteiger partial charge in [0.15, 0.2) is 0 Å². The standard InChI is InChI=1S/C16H28O.C8H12/c1-3-5-7-8-9-10-11-12-13-14-16-17-15-6-4-2;1-2-8-6-4-3-5-7-8/h10-14,16H,3-9,15H2,1-2H3;2,6H,1,3-5,7H2. The van der Waals surface area contributed by atoms with Gasteiger partial charge in [0.05, 0.1) is 12.9 Å². The van der Waals surface area contributed by atoms with Gasteiger partial charge in [-0.1, -0.05) is 88.1 Å². The van der Waals surface area contributed by atoms with Crippen LogP contribution in [0.5, 0.6) is 0 Å². The van der Waals surface area contributed by atoms with Crippen LogP contribution in [0.2, 0.25) is 0 Å². The van der Waals surface area contributed by atoms with Gasteiger partial charge >= 0.3 is 0 Å². The Balaban J connectivity index is 0.000000593. The Bertz CT molecular complexity index is 398. The molecule has 0 radical (unpaired) electrons. The van der Waals surface area contributed by atoms with Crippen LogP contribution in [0.4, 0.5) is 0 Å². The molecule has 0 aliphatic heterocycles. The lowest BCUT2D eigenvalue weighted by molar-refractivity contribution is 0.244. The van der Waals surface area contributed by atoms with E-state index in [9.17, 15) is 0 Å². The summed E-state index contributed by atoms with van der Waals surface area (Å²) in [6.07, 6.45) is 30.5. The number of unbranched alkanes of at least 4 members (excludes halogenated alkanes) is 5. The summed E-state index contributed by atoms with van der Waals surface area (Å²) >= 11 is 0. The Labute approximate surface area is 157 Å². The van der Waals surface area contributed by atoms with Crippen molar-refractivity contribution in [1.29, 1.82) is 0 Å². The summed E-state index contributed by atoms with van der Waals surface area (Å²) in [4.78, 5) is 0. The van der Waals surface area contributed by atoms with Crippen molar-refractivity contribution < 1.29 is 4.74 Å². The van der Waals surface area contributed by atoms with Gasteiger partial charge in [-0.15, -0.1) is 0 Å². The van der Waals surface area contributed by atoms with E-state index in [1.165, 1.54) is 69.8 Å². The fourth-order valence-electron chi connectivity index (χ4n) is 2.44.